The first-order valence-electron chi connectivity index (χ1n) is 6.43. The first-order chi connectivity index (χ1) is 8.34. The third-order valence-electron chi connectivity index (χ3n) is 3.26. The summed E-state index contributed by atoms with van der Waals surface area (Å²) in [6.45, 7) is 8.65. The number of benzene rings is 1. The van der Waals surface area contributed by atoms with Gasteiger partial charge in [-0.2, -0.15) is 0 Å². The summed E-state index contributed by atoms with van der Waals surface area (Å²) in [5.41, 5.74) is 6.11. The van der Waals surface area contributed by atoms with E-state index >= 15 is 0 Å². The van der Waals surface area contributed by atoms with E-state index in [0.717, 1.165) is 0 Å². The molecule has 1 aromatic rings. The number of primary amides is 1. The van der Waals surface area contributed by atoms with Crippen molar-refractivity contribution in [3.05, 3.63) is 35.9 Å². The molecule has 1 aromatic carbocycles. The highest BCUT2D eigenvalue weighted by Gasteiger charge is 2.26. The molecule has 18 heavy (non-hydrogen) atoms. The Morgan fingerprint density at radius 2 is 1.83 bits per heavy atom. The van der Waals surface area contributed by atoms with Gasteiger partial charge in [-0.25, -0.2) is 0 Å². The van der Waals surface area contributed by atoms with Crippen LogP contribution in [0.15, 0.2) is 30.3 Å². The molecule has 1 rings (SSSR count). The molecule has 1 atom stereocenters. The molecule has 0 aliphatic rings. The summed E-state index contributed by atoms with van der Waals surface area (Å²) < 4.78 is 0. The lowest BCUT2D eigenvalue weighted by molar-refractivity contribution is -0.125. The zero-order valence-corrected chi connectivity index (χ0v) is 11.7. The fraction of sp³-hybridized carbons (Fsp3) is 0.533. The average Bonchev–Trinajstić information content (AvgIpc) is 2.29. The topological polar surface area (TPSA) is 55.1 Å². The highest BCUT2D eigenvalue weighted by atomic mass is 16.1. The molecule has 0 aliphatic heterocycles. The molecule has 0 fully saturated rings. The van der Waals surface area contributed by atoms with Crippen molar-refractivity contribution in [2.75, 3.05) is 6.54 Å². The van der Waals surface area contributed by atoms with Crippen molar-refractivity contribution in [2.24, 2.45) is 17.1 Å². The molecular formula is C15H24N2O. The van der Waals surface area contributed by atoms with Crippen LogP contribution in [0.25, 0.3) is 0 Å². The minimum absolute atomic E-state index is 0.241. The van der Waals surface area contributed by atoms with Crippen molar-refractivity contribution >= 4 is 5.91 Å². The summed E-state index contributed by atoms with van der Waals surface area (Å²) in [6.07, 6.45) is 0. The highest BCUT2D eigenvalue weighted by Crippen LogP contribution is 2.23. The molecule has 0 spiro atoms. The van der Waals surface area contributed by atoms with Gasteiger partial charge in [-0.1, -0.05) is 44.2 Å². The van der Waals surface area contributed by atoms with Gasteiger partial charge in [0, 0.05) is 12.6 Å². The molecule has 1 amide bonds. The van der Waals surface area contributed by atoms with E-state index in [0.29, 0.717) is 12.5 Å². The molecule has 3 nitrogen and oxygen atoms in total. The number of carbonyl (C=O) groups is 1. The van der Waals surface area contributed by atoms with Gasteiger partial charge in [0.1, 0.15) is 0 Å². The quantitative estimate of drug-likeness (QED) is 0.812. The zero-order chi connectivity index (χ0) is 13.8. The Morgan fingerprint density at radius 3 is 2.28 bits per heavy atom. The SMILES string of the molecule is CC(C)C(NCC(C)(C)C(N)=O)c1ccccc1. The van der Waals surface area contributed by atoms with E-state index < -0.39 is 5.41 Å². The van der Waals surface area contributed by atoms with E-state index in [1.807, 2.05) is 32.0 Å². The van der Waals surface area contributed by atoms with Crippen LogP contribution < -0.4 is 11.1 Å². The molecule has 100 valence electrons. The van der Waals surface area contributed by atoms with Crippen molar-refractivity contribution in [3.63, 3.8) is 0 Å². The molecular weight excluding hydrogens is 224 g/mol. The van der Waals surface area contributed by atoms with Crippen LogP contribution in [0.2, 0.25) is 0 Å². The fourth-order valence-electron chi connectivity index (χ4n) is 1.85. The summed E-state index contributed by atoms with van der Waals surface area (Å²) in [4.78, 5) is 11.3. The minimum Gasteiger partial charge on any atom is -0.369 e. The minimum atomic E-state index is -0.526. The highest BCUT2D eigenvalue weighted by molar-refractivity contribution is 5.80. The number of rotatable bonds is 6. The van der Waals surface area contributed by atoms with E-state index in [2.05, 4.69) is 31.3 Å². The van der Waals surface area contributed by atoms with Crippen LogP contribution >= 0.6 is 0 Å². The Labute approximate surface area is 110 Å². The molecule has 0 saturated heterocycles. The molecule has 0 saturated carbocycles. The second-order valence-electron chi connectivity index (χ2n) is 5.76. The summed E-state index contributed by atoms with van der Waals surface area (Å²) in [5.74, 6) is 0.182. The van der Waals surface area contributed by atoms with E-state index in [1.54, 1.807) is 0 Å². The predicted molar refractivity (Wildman–Crippen MR) is 75.0 cm³/mol. The summed E-state index contributed by atoms with van der Waals surface area (Å²) in [6, 6.07) is 10.5. The van der Waals surface area contributed by atoms with Gasteiger partial charge >= 0.3 is 0 Å². The standard InChI is InChI=1S/C15H24N2O/c1-11(2)13(12-8-6-5-7-9-12)17-10-15(3,4)14(16)18/h5-9,11,13,17H,10H2,1-4H3,(H2,16,18). The molecule has 1 unspecified atom stereocenters. The van der Waals surface area contributed by atoms with Crippen molar-refractivity contribution in [1.82, 2.24) is 5.32 Å². The van der Waals surface area contributed by atoms with Gasteiger partial charge in [-0.3, -0.25) is 4.79 Å². The van der Waals surface area contributed by atoms with Crippen molar-refractivity contribution < 1.29 is 4.79 Å². The first kappa shape index (κ1) is 14.7. The smallest absolute Gasteiger partial charge is 0.224 e. The lowest BCUT2D eigenvalue weighted by atomic mass is 9.90. The van der Waals surface area contributed by atoms with Gasteiger partial charge < -0.3 is 11.1 Å². The molecule has 0 aromatic heterocycles. The maximum Gasteiger partial charge on any atom is 0.224 e. The summed E-state index contributed by atoms with van der Waals surface area (Å²) in [7, 11) is 0. The number of amides is 1. The zero-order valence-electron chi connectivity index (χ0n) is 11.7. The van der Waals surface area contributed by atoms with Crippen molar-refractivity contribution in [2.45, 2.75) is 33.7 Å². The predicted octanol–water partition coefficient (Wildman–Crippen LogP) is 2.48. The Hall–Kier alpha value is -1.35. The van der Waals surface area contributed by atoms with Gasteiger partial charge in [-0.05, 0) is 25.3 Å². The summed E-state index contributed by atoms with van der Waals surface area (Å²) >= 11 is 0. The van der Waals surface area contributed by atoms with E-state index in [1.165, 1.54) is 5.56 Å². The lowest BCUT2D eigenvalue weighted by Gasteiger charge is -2.28. The van der Waals surface area contributed by atoms with Gasteiger partial charge in [0.15, 0.2) is 0 Å². The van der Waals surface area contributed by atoms with Gasteiger partial charge in [-0.15, -0.1) is 0 Å². The Morgan fingerprint density at radius 1 is 1.28 bits per heavy atom. The molecule has 0 bridgehead atoms. The Bertz CT molecular complexity index is 385. The normalized spacial score (nSPS) is 13.6. The number of nitrogens with one attached hydrogen (secondary N) is 1. The molecule has 0 aliphatic carbocycles. The summed E-state index contributed by atoms with van der Waals surface area (Å²) in [5, 5.41) is 3.46. The molecule has 0 radical (unpaired) electrons. The second-order valence-corrected chi connectivity index (χ2v) is 5.76. The maximum absolute atomic E-state index is 11.3. The lowest BCUT2D eigenvalue weighted by Crippen LogP contribution is -2.42. The third kappa shape index (κ3) is 3.84. The monoisotopic (exact) mass is 248 g/mol. The van der Waals surface area contributed by atoms with Crippen LogP contribution in [0.4, 0.5) is 0 Å². The number of hydrogen-bond donors (Lipinski definition) is 2. The van der Waals surface area contributed by atoms with E-state index in [9.17, 15) is 4.79 Å². The van der Waals surface area contributed by atoms with Crippen LogP contribution in [0.1, 0.15) is 39.3 Å². The first-order valence-corrected chi connectivity index (χ1v) is 6.43. The number of hydrogen-bond acceptors (Lipinski definition) is 2. The van der Waals surface area contributed by atoms with Gasteiger partial charge in [0.2, 0.25) is 5.91 Å². The molecule has 3 heteroatoms. The van der Waals surface area contributed by atoms with Crippen LogP contribution in [0, 0.1) is 11.3 Å². The average molecular weight is 248 g/mol. The van der Waals surface area contributed by atoms with Crippen molar-refractivity contribution in [1.29, 1.82) is 0 Å². The van der Waals surface area contributed by atoms with Crippen LogP contribution in [0.5, 0.6) is 0 Å². The Balaban J connectivity index is 2.75. The van der Waals surface area contributed by atoms with E-state index in [-0.39, 0.29) is 11.9 Å². The fourth-order valence-corrected chi connectivity index (χ4v) is 1.85. The molecule has 0 heterocycles. The second kappa shape index (κ2) is 6.01. The van der Waals surface area contributed by atoms with Gasteiger partial charge in [0.25, 0.3) is 0 Å². The number of nitrogens with two attached hydrogens (primary N) is 1. The molecule has 3 N–H and O–H groups in total. The largest absolute Gasteiger partial charge is 0.369 e. The van der Waals surface area contributed by atoms with Crippen LogP contribution in [-0.2, 0) is 4.79 Å². The van der Waals surface area contributed by atoms with E-state index in [4.69, 9.17) is 5.73 Å². The van der Waals surface area contributed by atoms with Crippen molar-refractivity contribution in [3.8, 4) is 0 Å². The van der Waals surface area contributed by atoms with Crippen LogP contribution in [-0.4, -0.2) is 12.5 Å². The third-order valence-corrected chi connectivity index (χ3v) is 3.26. The Kier molecular flexibility index (Phi) is 4.91. The maximum atomic E-state index is 11.3. The van der Waals surface area contributed by atoms with Crippen LogP contribution in [0.3, 0.4) is 0 Å². The number of carbonyl (C=O) groups excluding carboxylic acids is 1. The van der Waals surface area contributed by atoms with Gasteiger partial charge in [0.05, 0.1) is 5.41 Å².